The molecule has 0 spiro atoms. The molecule has 0 bridgehead atoms. The van der Waals surface area contributed by atoms with Crippen molar-refractivity contribution in [2.75, 3.05) is 28.2 Å². The van der Waals surface area contributed by atoms with Gasteiger partial charge in [0.15, 0.2) is 5.82 Å². The zero-order valence-electron chi connectivity index (χ0n) is 26.1. The Bertz CT molecular complexity index is 1750. The molecule has 1 atom stereocenters. The highest BCUT2D eigenvalue weighted by Crippen LogP contribution is 2.34. The van der Waals surface area contributed by atoms with Crippen LogP contribution in [0.2, 0.25) is 0 Å². The lowest BCUT2D eigenvalue weighted by molar-refractivity contribution is 0.240. The predicted molar refractivity (Wildman–Crippen MR) is 175 cm³/mol. The lowest BCUT2D eigenvalue weighted by atomic mass is 9.90. The second-order valence-electron chi connectivity index (χ2n) is 12.4. The second kappa shape index (κ2) is 13.2. The SMILES string of the molecule is Cn1cc(-c2ccc(N(C(=O)NCc3ccccc3)[C@H]3CC[C@H](Nc4ncc(C#N)c(N5CCC(C)(C#N)C5)n4)CC3)nc2)cn1. The molecular weight excluding hydrogens is 578 g/mol. The largest absolute Gasteiger partial charge is 0.354 e. The van der Waals surface area contributed by atoms with E-state index in [0.29, 0.717) is 42.8 Å². The Balaban J connectivity index is 1.15. The third kappa shape index (κ3) is 6.76. The van der Waals surface area contributed by atoms with Gasteiger partial charge in [-0.15, -0.1) is 0 Å². The molecule has 1 aromatic carbocycles. The highest BCUT2D eigenvalue weighted by atomic mass is 16.2. The topological polar surface area (TPSA) is 152 Å². The van der Waals surface area contributed by atoms with Crippen molar-refractivity contribution in [1.82, 2.24) is 30.0 Å². The van der Waals surface area contributed by atoms with Crippen LogP contribution in [0.1, 0.15) is 50.2 Å². The van der Waals surface area contributed by atoms with Crippen LogP contribution in [0, 0.1) is 28.1 Å². The summed E-state index contributed by atoms with van der Waals surface area (Å²) in [7, 11) is 1.88. The fourth-order valence-corrected chi connectivity index (χ4v) is 6.24. The summed E-state index contributed by atoms with van der Waals surface area (Å²) in [6.45, 7) is 3.55. The van der Waals surface area contributed by atoms with Crippen molar-refractivity contribution >= 4 is 23.6 Å². The van der Waals surface area contributed by atoms with E-state index in [9.17, 15) is 15.3 Å². The van der Waals surface area contributed by atoms with Crippen molar-refractivity contribution < 1.29 is 4.79 Å². The summed E-state index contributed by atoms with van der Waals surface area (Å²) in [4.78, 5) is 31.4. The Hall–Kier alpha value is -5.49. The number of hydrogen-bond acceptors (Lipinski definition) is 9. The molecule has 0 radical (unpaired) electrons. The molecule has 46 heavy (non-hydrogen) atoms. The van der Waals surface area contributed by atoms with Gasteiger partial charge < -0.3 is 15.5 Å². The molecule has 4 heterocycles. The number of benzene rings is 1. The van der Waals surface area contributed by atoms with Gasteiger partial charge in [-0.25, -0.2) is 14.8 Å². The number of urea groups is 1. The van der Waals surface area contributed by atoms with Crippen LogP contribution in [0.3, 0.4) is 0 Å². The monoisotopic (exact) mass is 615 g/mol. The minimum Gasteiger partial charge on any atom is -0.354 e. The van der Waals surface area contributed by atoms with Crippen LogP contribution in [0.5, 0.6) is 0 Å². The number of nitrogens with zero attached hydrogens (tertiary/aromatic N) is 9. The Labute approximate surface area is 268 Å². The van der Waals surface area contributed by atoms with Gasteiger partial charge in [0.2, 0.25) is 5.95 Å². The number of pyridine rings is 1. The normalized spacial score (nSPS) is 20.8. The Morgan fingerprint density at radius 2 is 1.85 bits per heavy atom. The van der Waals surface area contributed by atoms with Gasteiger partial charge >= 0.3 is 6.03 Å². The number of amides is 2. The molecule has 1 aliphatic carbocycles. The summed E-state index contributed by atoms with van der Waals surface area (Å²) in [5.74, 6) is 1.63. The molecule has 2 fully saturated rings. The minimum absolute atomic E-state index is 0.0451. The first kappa shape index (κ1) is 30.5. The van der Waals surface area contributed by atoms with E-state index in [2.05, 4.69) is 32.9 Å². The number of carbonyl (C=O) groups excluding carboxylic acids is 1. The van der Waals surface area contributed by atoms with Crippen LogP contribution < -0.4 is 20.4 Å². The van der Waals surface area contributed by atoms with Crippen molar-refractivity contribution in [2.24, 2.45) is 12.5 Å². The van der Waals surface area contributed by atoms with Crippen molar-refractivity contribution in [3.8, 4) is 23.3 Å². The van der Waals surface area contributed by atoms with Gasteiger partial charge in [0.1, 0.15) is 17.5 Å². The smallest absolute Gasteiger partial charge is 0.323 e. The molecule has 1 saturated heterocycles. The maximum Gasteiger partial charge on any atom is 0.323 e. The Morgan fingerprint density at radius 1 is 1.04 bits per heavy atom. The van der Waals surface area contributed by atoms with Crippen molar-refractivity contribution in [2.45, 2.75) is 57.7 Å². The van der Waals surface area contributed by atoms with E-state index in [1.807, 2.05) is 67.5 Å². The zero-order valence-corrected chi connectivity index (χ0v) is 26.1. The number of carbonyl (C=O) groups is 1. The predicted octanol–water partition coefficient (Wildman–Crippen LogP) is 5.02. The van der Waals surface area contributed by atoms with Gasteiger partial charge in [-0.2, -0.15) is 20.6 Å². The average Bonchev–Trinajstić information content (AvgIpc) is 3.71. The number of hydrogen-bond donors (Lipinski definition) is 2. The molecule has 6 rings (SSSR count). The molecule has 2 aliphatic rings. The summed E-state index contributed by atoms with van der Waals surface area (Å²) in [5.41, 5.74) is 2.86. The second-order valence-corrected chi connectivity index (χ2v) is 12.4. The summed E-state index contributed by atoms with van der Waals surface area (Å²) in [6, 6.07) is 18.2. The van der Waals surface area contributed by atoms with E-state index in [-0.39, 0.29) is 18.1 Å². The molecule has 2 amide bonds. The molecule has 2 N–H and O–H groups in total. The Morgan fingerprint density at radius 3 is 2.50 bits per heavy atom. The maximum absolute atomic E-state index is 13.7. The van der Waals surface area contributed by atoms with Gasteiger partial charge in [-0.3, -0.25) is 9.58 Å². The average molecular weight is 616 g/mol. The fourth-order valence-electron chi connectivity index (χ4n) is 6.24. The van der Waals surface area contributed by atoms with Crippen molar-refractivity contribution in [3.63, 3.8) is 0 Å². The molecule has 1 unspecified atom stereocenters. The quantitative estimate of drug-likeness (QED) is 0.278. The minimum atomic E-state index is -0.461. The standard InChI is InChI=1S/C34H37N11O/c1-34(22-36)14-15-44(23-34)31-26(16-35)19-38-32(42-31)41-28-9-11-29(12-10-28)45(33(46)39-17-24-6-4-3-5-7-24)30-13-8-25(18-37-30)27-20-40-43(2)21-27/h3-8,13,18-21,28-29H,9-12,14-15,17,23H2,1-2H3,(H,39,46)(H,38,41,42)/t28-,29-,34?. The lowest BCUT2D eigenvalue weighted by Crippen LogP contribution is -2.49. The zero-order chi connectivity index (χ0) is 32.1. The number of anilines is 3. The molecular formula is C34H37N11O. The fraction of sp³-hybridized carbons (Fsp3) is 0.382. The summed E-state index contributed by atoms with van der Waals surface area (Å²) in [6.07, 6.45) is 10.9. The number of rotatable bonds is 8. The third-order valence-electron chi connectivity index (χ3n) is 8.87. The van der Waals surface area contributed by atoms with Crippen LogP contribution in [-0.4, -0.2) is 55.9 Å². The van der Waals surface area contributed by atoms with E-state index in [1.165, 1.54) is 0 Å². The van der Waals surface area contributed by atoms with E-state index in [4.69, 9.17) is 9.97 Å². The lowest BCUT2D eigenvalue weighted by Gasteiger charge is -2.36. The summed E-state index contributed by atoms with van der Waals surface area (Å²) >= 11 is 0. The van der Waals surface area contributed by atoms with Gasteiger partial charge in [-0.05, 0) is 56.7 Å². The number of nitriles is 2. The number of aromatic nitrogens is 5. The van der Waals surface area contributed by atoms with E-state index in [0.717, 1.165) is 48.8 Å². The first-order valence-electron chi connectivity index (χ1n) is 15.6. The first-order chi connectivity index (χ1) is 22.3. The van der Waals surface area contributed by atoms with E-state index >= 15 is 0 Å². The van der Waals surface area contributed by atoms with Crippen molar-refractivity contribution in [3.05, 3.63) is 78.4 Å². The van der Waals surface area contributed by atoms with Crippen LogP contribution in [0.25, 0.3) is 11.1 Å². The highest BCUT2D eigenvalue weighted by molar-refractivity contribution is 5.91. The summed E-state index contributed by atoms with van der Waals surface area (Å²) < 4.78 is 1.75. The van der Waals surface area contributed by atoms with Crippen LogP contribution >= 0.6 is 0 Å². The molecule has 1 aliphatic heterocycles. The van der Waals surface area contributed by atoms with E-state index in [1.54, 1.807) is 28.2 Å². The van der Waals surface area contributed by atoms with Crippen molar-refractivity contribution in [1.29, 1.82) is 10.5 Å². The first-order valence-corrected chi connectivity index (χ1v) is 15.6. The maximum atomic E-state index is 13.7. The molecule has 1 saturated carbocycles. The molecule has 12 heteroatoms. The molecule has 4 aromatic rings. The van der Waals surface area contributed by atoms with Gasteiger partial charge in [-0.1, -0.05) is 30.3 Å². The summed E-state index contributed by atoms with van der Waals surface area (Å²) in [5, 5.41) is 30.1. The van der Waals surface area contributed by atoms with Crippen LogP contribution in [0.4, 0.5) is 22.4 Å². The van der Waals surface area contributed by atoms with Crippen LogP contribution in [0.15, 0.2) is 67.3 Å². The van der Waals surface area contributed by atoms with E-state index < -0.39 is 5.41 Å². The Kier molecular flexibility index (Phi) is 8.79. The molecule has 234 valence electrons. The van der Waals surface area contributed by atoms with Gasteiger partial charge in [0.25, 0.3) is 0 Å². The number of nitrogens with one attached hydrogen (secondary N) is 2. The molecule has 12 nitrogen and oxygen atoms in total. The third-order valence-corrected chi connectivity index (χ3v) is 8.87. The van der Waals surface area contributed by atoms with Gasteiger partial charge in [0.05, 0.1) is 23.9 Å². The highest BCUT2D eigenvalue weighted by Gasteiger charge is 2.36. The van der Waals surface area contributed by atoms with Crippen LogP contribution in [-0.2, 0) is 13.6 Å². The van der Waals surface area contributed by atoms with Gasteiger partial charge in [0, 0.05) is 62.3 Å². The number of aryl methyl sites for hydroxylation is 1. The molecule has 3 aromatic heterocycles.